The van der Waals surface area contributed by atoms with Gasteiger partial charge in [-0.2, -0.15) is 5.10 Å². The molecule has 2 saturated heterocycles. The molecule has 2 aliphatic rings. The lowest BCUT2D eigenvalue weighted by atomic mass is 9.98. The number of nitrogens with one attached hydrogen (secondary N) is 1. The van der Waals surface area contributed by atoms with Crippen molar-refractivity contribution in [3.63, 3.8) is 0 Å². The minimum atomic E-state index is -0.934. The monoisotopic (exact) mass is 785 g/mol. The molecule has 4 heterocycles. The Morgan fingerprint density at radius 1 is 1.00 bits per heavy atom. The number of hydrogen-bond acceptors (Lipinski definition) is 7. The number of phenols is 1. The van der Waals surface area contributed by atoms with Crippen molar-refractivity contribution in [1.29, 1.82) is 0 Å². The van der Waals surface area contributed by atoms with Crippen LogP contribution in [0.2, 0.25) is 0 Å². The first-order chi connectivity index (χ1) is 27.9. The van der Waals surface area contributed by atoms with E-state index in [-0.39, 0.29) is 62.6 Å². The number of carbonyl (C=O) groups is 4. The number of hydrazine groups is 1. The number of hydrogen-bond donors (Lipinski definition) is 2. The third-order valence-electron chi connectivity index (χ3n) is 11.4. The van der Waals surface area contributed by atoms with E-state index in [1.807, 2.05) is 91.9 Å². The van der Waals surface area contributed by atoms with Crippen molar-refractivity contribution in [2.24, 2.45) is 14.1 Å². The maximum Gasteiger partial charge on any atom is 0.334 e. The first kappa shape index (κ1) is 39.8. The fourth-order valence-electron chi connectivity index (χ4n) is 8.38. The van der Waals surface area contributed by atoms with E-state index in [4.69, 9.17) is 0 Å². The topological polar surface area (TPSA) is 139 Å². The van der Waals surface area contributed by atoms with E-state index in [9.17, 15) is 24.3 Å². The highest BCUT2D eigenvalue weighted by molar-refractivity contribution is 6.07. The molecular weight excluding hydrogens is 735 g/mol. The smallest absolute Gasteiger partial charge is 0.334 e. The van der Waals surface area contributed by atoms with Crippen LogP contribution in [0.1, 0.15) is 44.0 Å². The van der Waals surface area contributed by atoms with E-state index in [0.717, 1.165) is 44.5 Å². The van der Waals surface area contributed by atoms with Gasteiger partial charge in [-0.25, -0.2) is 14.8 Å². The lowest BCUT2D eigenvalue weighted by Crippen LogP contribution is -2.76. The Hall–Kier alpha value is -6.41. The van der Waals surface area contributed by atoms with Gasteiger partial charge in [0.05, 0.1) is 29.9 Å². The van der Waals surface area contributed by atoms with Gasteiger partial charge in [-0.1, -0.05) is 66.7 Å². The lowest BCUT2D eigenvalue weighted by molar-refractivity contribution is -0.189. The summed E-state index contributed by atoms with van der Waals surface area (Å²) in [6, 6.07) is 20.6. The van der Waals surface area contributed by atoms with Crippen LogP contribution < -0.4 is 5.32 Å². The molecule has 58 heavy (non-hydrogen) atoms. The van der Waals surface area contributed by atoms with Crippen LogP contribution in [0.4, 0.5) is 4.79 Å². The normalized spacial score (nSPS) is 17.2. The van der Waals surface area contributed by atoms with Gasteiger partial charge in [-0.3, -0.25) is 19.1 Å². The molecule has 2 atom stereocenters. The van der Waals surface area contributed by atoms with Crippen molar-refractivity contribution >= 4 is 34.7 Å². The Labute approximate surface area is 338 Å². The molecule has 0 spiro atoms. The summed E-state index contributed by atoms with van der Waals surface area (Å²) in [6.45, 7) is 9.03. The van der Waals surface area contributed by atoms with Crippen LogP contribution in [0.15, 0.2) is 91.6 Å². The standard InChI is InChI=1S/C44H51N9O5/c1-7-21-51-28-40(55)52-38(23-31-16-18-34(54)19-17-31)43(57)50(27-39(52)53(51)44(58)45-24-32-12-9-8-10-13-32)25-33-14-11-15-36-37(26-48(5)41(33)36)42(56)47(4)22-20-35-29(2)46-49(6)30(35)3/h7-19,26,38-39,54H,1,20-25,27-28H2,2-6H3,(H,45,58)/t38-,39-/m0/s1. The number of para-hydroxylation sites is 1. The van der Waals surface area contributed by atoms with Crippen LogP contribution in [0.25, 0.3) is 10.9 Å². The van der Waals surface area contributed by atoms with Crippen LogP contribution in [-0.2, 0) is 49.6 Å². The second kappa shape index (κ2) is 16.6. The van der Waals surface area contributed by atoms with Crippen molar-refractivity contribution in [1.82, 2.24) is 44.4 Å². The van der Waals surface area contributed by atoms with E-state index in [0.29, 0.717) is 18.5 Å². The van der Waals surface area contributed by atoms with Gasteiger partial charge in [0.15, 0.2) is 0 Å². The minimum absolute atomic E-state index is 0.0472. The number of benzene rings is 3. The van der Waals surface area contributed by atoms with Gasteiger partial charge in [-0.05, 0) is 54.7 Å². The molecule has 0 unspecified atom stereocenters. The van der Waals surface area contributed by atoms with E-state index in [2.05, 4.69) is 17.0 Å². The fraction of sp³-hybridized carbons (Fsp3) is 0.341. The number of piperazine rings is 1. The summed E-state index contributed by atoms with van der Waals surface area (Å²) in [4.78, 5) is 62.0. The van der Waals surface area contributed by atoms with E-state index in [1.54, 1.807) is 62.1 Å². The summed E-state index contributed by atoms with van der Waals surface area (Å²) in [7, 11) is 5.62. The van der Waals surface area contributed by atoms with Crippen molar-refractivity contribution in [3.05, 3.63) is 131 Å². The molecule has 5 aromatic rings. The van der Waals surface area contributed by atoms with E-state index in [1.165, 1.54) is 0 Å². The number of likely N-dealkylation sites (N-methyl/N-ethyl adjacent to an activating group) is 1. The van der Waals surface area contributed by atoms with Crippen LogP contribution in [-0.4, -0.2) is 113 Å². The SMILES string of the molecule is C=CCN1CC(=O)N2[C@@H](Cc3ccc(O)cc3)C(=O)N(Cc3cccc4c(C(=O)N(C)CCc5c(C)nn(C)c5C)cn(C)c34)C[C@@H]2N1C(=O)NCc1ccccc1. The molecule has 2 fully saturated rings. The highest BCUT2D eigenvalue weighted by atomic mass is 16.3. The molecule has 14 heteroatoms. The molecule has 0 aliphatic carbocycles. The predicted octanol–water partition coefficient (Wildman–Crippen LogP) is 4.29. The number of rotatable bonds is 12. The van der Waals surface area contributed by atoms with Gasteiger partial charge < -0.3 is 29.7 Å². The molecule has 5 amide bonds. The summed E-state index contributed by atoms with van der Waals surface area (Å²) in [5.74, 6) is -0.558. The summed E-state index contributed by atoms with van der Waals surface area (Å²) < 4.78 is 3.79. The Balaban J connectivity index is 1.20. The zero-order valence-electron chi connectivity index (χ0n) is 33.8. The Morgan fingerprint density at radius 2 is 1.74 bits per heavy atom. The molecule has 0 bridgehead atoms. The quantitative estimate of drug-likeness (QED) is 0.180. The zero-order valence-corrected chi connectivity index (χ0v) is 33.8. The van der Waals surface area contributed by atoms with E-state index < -0.39 is 18.2 Å². The van der Waals surface area contributed by atoms with Crippen molar-refractivity contribution in [2.75, 3.05) is 33.2 Å². The first-order valence-corrected chi connectivity index (χ1v) is 19.5. The summed E-state index contributed by atoms with van der Waals surface area (Å²) in [6.07, 6.45) is 3.51. The Bertz CT molecular complexity index is 2350. The number of aromatic nitrogens is 3. The number of urea groups is 1. The number of aromatic hydroxyl groups is 1. The average molecular weight is 786 g/mol. The van der Waals surface area contributed by atoms with E-state index >= 15 is 0 Å². The highest BCUT2D eigenvalue weighted by Gasteiger charge is 2.51. The molecule has 302 valence electrons. The number of fused-ring (bicyclic) bond motifs is 2. The van der Waals surface area contributed by atoms with Crippen molar-refractivity contribution in [3.8, 4) is 5.75 Å². The third-order valence-corrected chi connectivity index (χ3v) is 11.4. The van der Waals surface area contributed by atoms with Crippen LogP contribution in [0.3, 0.4) is 0 Å². The van der Waals surface area contributed by atoms with Gasteiger partial charge in [0.2, 0.25) is 11.8 Å². The second-order valence-electron chi connectivity index (χ2n) is 15.2. The molecule has 0 radical (unpaired) electrons. The zero-order chi connectivity index (χ0) is 41.2. The first-order valence-electron chi connectivity index (χ1n) is 19.5. The second-order valence-corrected chi connectivity index (χ2v) is 15.2. The number of amides is 5. The average Bonchev–Trinajstić information content (AvgIpc) is 3.68. The van der Waals surface area contributed by atoms with Gasteiger partial charge in [0.1, 0.15) is 18.0 Å². The number of phenolic OH excluding ortho intramolecular Hbond substituents is 1. The van der Waals surface area contributed by atoms with Gasteiger partial charge in [0, 0.05) is 71.0 Å². The van der Waals surface area contributed by atoms with Crippen LogP contribution in [0.5, 0.6) is 5.75 Å². The van der Waals surface area contributed by atoms with Crippen LogP contribution in [0, 0.1) is 13.8 Å². The molecule has 14 nitrogen and oxygen atoms in total. The highest BCUT2D eigenvalue weighted by Crippen LogP contribution is 2.32. The third kappa shape index (κ3) is 7.79. The van der Waals surface area contributed by atoms with Gasteiger partial charge >= 0.3 is 6.03 Å². The van der Waals surface area contributed by atoms with Crippen molar-refractivity contribution < 1.29 is 24.3 Å². The number of nitrogens with zero attached hydrogens (tertiary/aromatic N) is 8. The van der Waals surface area contributed by atoms with Gasteiger partial charge in [0.25, 0.3) is 5.91 Å². The molecule has 2 aromatic heterocycles. The Morgan fingerprint density at radius 3 is 2.43 bits per heavy atom. The Kier molecular flexibility index (Phi) is 11.4. The predicted molar refractivity (Wildman–Crippen MR) is 220 cm³/mol. The number of aryl methyl sites for hydroxylation is 3. The molecule has 7 rings (SSSR count). The largest absolute Gasteiger partial charge is 0.508 e. The minimum Gasteiger partial charge on any atom is -0.508 e. The molecule has 0 saturated carbocycles. The summed E-state index contributed by atoms with van der Waals surface area (Å²) >= 11 is 0. The summed E-state index contributed by atoms with van der Waals surface area (Å²) in [5.41, 5.74) is 7.03. The van der Waals surface area contributed by atoms with Gasteiger partial charge in [-0.15, -0.1) is 6.58 Å². The maximum absolute atomic E-state index is 14.7. The summed E-state index contributed by atoms with van der Waals surface area (Å²) in [5, 5.41) is 21.5. The number of carbonyl (C=O) groups excluding carboxylic acids is 4. The fourth-order valence-corrected chi connectivity index (χ4v) is 8.38. The molecular formula is C44H51N9O5. The molecule has 3 aromatic carbocycles. The van der Waals surface area contributed by atoms with Crippen LogP contribution >= 0.6 is 0 Å². The lowest BCUT2D eigenvalue weighted by Gasteiger charge is -2.55. The van der Waals surface area contributed by atoms with Crippen molar-refractivity contribution in [2.45, 2.75) is 52.0 Å². The molecule has 2 N–H and O–H groups in total. The maximum atomic E-state index is 14.7. The molecule has 2 aliphatic heterocycles.